The molecule has 1 aliphatic heterocycles. The summed E-state index contributed by atoms with van der Waals surface area (Å²) >= 11 is 0. The maximum atomic E-state index is 10.7. The second-order valence-electron chi connectivity index (χ2n) is 4.57. The first-order valence-electron chi connectivity index (χ1n) is 5.84. The normalized spacial score (nSPS) is 20.6. The predicted octanol–water partition coefficient (Wildman–Crippen LogP) is 1.20. The van der Waals surface area contributed by atoms with Crippen LogP contribution in [-0.2, 0) is 6.54 Å². The van der Waals surface area contributed by atoms with Gasteiger partial charge in [0.15, 0.2) is 0 Å². The van der Waals surface area contributed by atoms with Crippen LogP contribution in [0.1, 0.15) is 22.3 Å². The van der Waals surface area contributed by atoms with Gasteiger partial charge in [0.1, 0.15) is 0 Å². The highest BCUT2D eigenvalue weighted by Crippen LogP contribution is 2.18. The number of hydrogen-bond acceptors (Lipinski definition) is 3. The van der Waals surface area contributed by atoms with Gasteiger partial charge in [-0.05, 0) is 36.6 Å². The van der Waals surface area contributed by atoms with Gasteiger partial charge in [-0.1, -0.05) is 12.1 Å². The third-order valence-corrected chi connectivity index (χ3v) is 3.24. The minimum atomic E-state index is -0.891. The molecule has 0 aliphatic carbocycles. The van der Waals surface area contributed by atoms with E-state index in [0.29, 0.717) is 11.5 Å². The summed E-state index contributed by atoms with van der Waals surface area (Å²) in [7, 11) is 0. The van der Waals surface area contributed by atoms with Crippen molar-refractivity contribution in [1.82, 2.24) is 4.90 Å². The summed E-state index contributed by atoms with van der Waals surface area (Å²) in [6.07, 6.45) is 1.05. The highest BCUT2D eigenvalue weighted by Gasteiger charge is 2.21. The van der Waals surface area contributed by atoms with E-state index in [-0.39, 0.29) is 6.61 Å². The average molecular weight is 235 g/mol. The Morgan fingerprint density at radius 3 is 2.59 bits per heavy atom. The second-order valence-corrected chi connectivity index (χ2v) is 4.57. The zero-order chi connectivity index (χ0) is 12.3. The third kappa shape index (κ3) is 3.05. The Kier molecular flexibility index (Phi) is 3.76. The molecule has 1 aromatic rings. The molecular weight excluding hydrogens is 218 g/mol. The van der Waals surface area contributed by atoms with E-state index in [1.165, 1.54) is 0 Å². The Morgan fingerprint density at radius 1 is 1.35 bits per heavy atom. The lowest BCUT2D eigenvalue weighted by Gasteiger charge is -2.15. The van der Waals surface area contributed by atoms with Gasteiger partial charge in [0.25, 0.3) is 0 Å². The van der Waals surface area contributed by atoms with Crippen molar-refractivity contribution in [3.8, 4) is 0 Å². The Hall–Kier alpha value is -1.39. The largest absolute Gasteiger partial charge is 0.478 e. The summed E-state index contributed by atoms with van der Waals surface area (Å²) in [4.78, 5) is 13.0. The van der Waals surface area contributed by atoms with Crippen LogP contribution in [0.15, 0.2) is 24.3 Å². The molecule has 1 unspecified atom stereocenters. The van der Waals surface area contributed by atoms with Crippen molar-refractivity contribution in [3.05, 3.63) is 35.4 Å². The van der Waals surface area contributed by atoms with Crippen molar-refractivity contribution in [2.75, 3.05) is 19.7 Å². The van der Waals surface area contributed by atoms with Crippen LogP contribution in [0.2, 0.25) is 0 Å². The summed E-state index contributed by atoms with van der Waals surface area (Å²) in [6, 6.07) is 6.99. The number of likely N-dealkylation sites (tertiary alicyclic amines) is 1. The summed E-state index contributed by atoms with van der Waals surface area (Å²) in [5, 5.41) is 17.8. The van der Waals surface area contributed by atoms with Crippen LogP contribution in [0.3, 0.4) is 0 Å². The highest BCUT2D eigenvalue weighted by molar-refractivity contribution is 5.87. The number of aliphatic hydroxyl groups is 1. The Balaban J connectivity index is 1.93. The van der Waals surface area contributed by atoms with Crippen LogP contribution in [0.25, 0.3) is 0 Å². The first kappa shape index (κ1) is 12.1. The third-order valence-electron chi connectivity index (χ3n) is 3.24. The molecular formula is C13H17NO3. The maximum Gasteiger partial charge on any atom is 0.335 e. The van der Waals surface area contributed by atoms with Gasteiger partial charge in [-0.15, -0.1) is 0 Å². The number of benzene rings is 1. The molecule has 0 aromatic heterocycles. The quantitative estimate of drug-likeness (QED) is 0.823. The van der Waals surface area contributed by atoms with E-state index in [0.717, 1.165) is 31.6 Å². The van der Waals surface area contributed by atoms with Crippen LogP contribution < -0.4 is 0 Å². The van der Waals surface area contributed by atoms with Gasteiger partial charge < -0.3 is 10.2 Å². The molecule has 1 heterocycles. The lowest BCUT2D eigenvalue weighted by Crippen LogP contribution is -2.20. The number of aliphatic hydroxyl groups excluding tert-OH is 1. The predicted molar refractivity (Wildman–Crippen MR) is 63.9 cm³/mol. The van der Waals surface area contributed by atoms with E-state index >= 15 is 0 Å². The molecule has 1 aliphatic rings. The van der Waals surface area contributed by atoms with Crippen LogP contribution in [0.5, 0.6) is 0 Å². The Bertz CT molecular complexity index is 388. The molecule has 92 valence electrons. The minimum absolute atomic E-state index is 0.258. The van der Waals surface area contributed by atoms with E-state index in [2.05, 4.69) is 4.90 Å². The first-order chi connectivity index (χ1) is 8.19. The number of aromatic carboxylic acids is 1. The Morgan fingerprint density at radius 2 is 2.06 bits per heavy atom. The standard InChI is InChI=1S/C13H17NO3/c15-9-11-5-6-14(8-11)7-10-1-3-12(4-2-10)13(16)17/h1-4,11,15H,5-9H2,(H,16,17). The van der Waals surface area contributed by atoms with Gasteiger partial charge in [0.05, 0.1) is 5.56 Å². The average Bonchev–Trinajstić information content (AvgIpc) is 2.77. The van der Waals surface area contributed by atoms with Gasteiger partial charge in [-0.25, -0.2) is 4.79 Å². The molecule has 0 saturated carbocycles. The van der Waals surface area contributed by atoms with Crippen LogP contribution in [-0.4, -0.2) is 40.8 Å². The fourth-order valence-corrected chi connectivity index (χ4v) is 2.22. The molecule has 1 atom stereocenters. The number of carbonyl (C=O) groups is 1. The summed E-state index contributed by atoms with van der Waals surface area (Å²) in [6.45, 7) is 3.02. The number of hydrogen-bond donors (Lipinski definition) is 2. The van der Waals surface area contributed by atoms with Crippen LogP contribution in [0.4, 0.5) is 0 Å². The van der Waals surface area contributed by atoms with E-state index in [9.17, 15) is 4.79 Å². The molecule has 2 N–H and O–H groups in total. The van der Waals surface area contributed by atoms with Gasteiger partial charge in [0.2, 0.25) is 0 Å². The number of rotatable bonds is 4. The lowest BCUT2D eigenvalue weighted by atomic mass is 10.1. The van der Waals surface area contributed by atoms with Gasteiger partial charge in [-0.3, -0.25) is 4.90 Å². The lowest BCUT2D eigenvalue weighted by molar-refractivity contribution is 0.0697. The topological polar surface area (TPSA) is 60.8 Å². The van der Waals surface area contributed by atoms with Crippen molar-refractivity contribution in [1.29, 1.82) is 0 Å². The molecule has 4 heteroatoms. The van der Waals surface area contributed by atoms with Crippen molar-refractivity contribution in [2.45, 2.75) is 13.0 Å². The molecule has 0 spiro atoms. The maximum absolute atomic E-state index is 10.7. The molecule has 1 fully saturated rings. The SMILES string of the molecule is O=C(O)c1ccc(CN2CCC(CO)C2)cc1. The minimum Gasteiger partial charge on any atom is -0.478 e. The second kappa shape index (κ2) is 5.29. The molecule has 0 bridgehead atoms. The molecule has 4 nitrogen and oxygen atoms in total. The zero-order valence-corrected chi connectivity index (χ0v) is 9.67. The van der Waals surface area contributed by atoms with Crippen LogP contribution >= 0.6 is 0 Å². The van der Waals surface area contributed by atoms with E-state index in [4.69, 9.17) is 10.2 Å². The van der Waals surface area contributed by atoms with Gasteiger partial charge in [-0.2, -0.15) is 0 Å². The summed E-state index contributed by atoms with van der Waals surface area (Å²) in [5.41, 5.74) is 1.44. The Labute approximate surface area is 100 Å². The molecule has 2 rings (SSSR count). The summed E-state index contributed by atoms with van der Waals surface area (Å²) < 4.78 is 0. The highest BCUT2D eigenvalue weighted by atomic mass is 16.4. The number of carboxylic acid groups (broad SMARTS) is 1. The van der Waals surface area contributed by atoms with Crippen molar-refractivity contribution in [3.63, 3.8) is 0 Å². The van der Waals surface area contributed by atoms with Crippen molar-refractivity contribution >= 4 is 5.97 Å². The van der Waals surface area contributed by atoms with E-state index < -0.39 is 5.97 Å². The smallest absolute Gasteiger partial charge is 0.335 e. The molecule has 17 heavy (non-hydrogen) atoms. The van der Waals surface area contributed by atoms with Crippen molar-refractivity contribution in [2.24, 2.45) is 5.92 Å². The van der Waals surface area contributed by atoms with Crippen LogP contribution in [0, 0.1) is 5.92 Å². The number of nitrogens with zero attached hydrogens (tertiary/aromatic N) is 1. The summed E-state index contributed by atoms with van der Waals surface area (Å²) in [5.74, 6) is -0.494. The van der Waals surface area contributed by atoms with E-state index in [1.807, 2.05) is 12.1 Å². The monoisotopic (exact) mass is 235 g/mol. The molecule has 0 radical (unpaired) electrons. The molecule has 1 aromatic carbocycles. The van der Waals surface area contributed by atoms with E-state index in [1.54, 1.807) is 12.1 Å². The number of carboxylic acids is 1. The molecule has 1 saturated heterocycles. The van der Waals surface area contributed by atoms with Gasteiger partial charge >= 0.3 is 5.97 Å². The fraction of sp³-hybridized carbons (Fsp3) is 0.462. The fourth-order valence-electron chi connectivity index (χ4n) is 2.22. The molecule has 0 amide bonds. The van der Waals surface area contributed by atoms with Gasteiger partial charge in [0, 0.05) is 19.7 Å². The van der Waals surface area contributed by atoms with Crippen molar-refractivity contribution < 1.29 is 15.0 Å². The zero-order valence-electron chi connectivity index (χ0n) is 9.67. The first-order valence-corrected chi connectivity index (χ1v) is 5.84.